The fourth-order valence-corrected chi connectivity index (χ4v) is 3.17. The number of halogens is 1. The number of carboxylic acid groups (broad SMARTS) is 1. The summed E-state index contributed by atoms with van der Waals surface area (Å²) in [5.74, 6) is -1.24. The number of piperidine rings is 1. The number of carbonyl (C=O) groups is 1. The molecule has 1 aliphatic heterocycles. The minimum atomic E-state index is -0.731. The molecule has 1 aromatic carbocycles. The van der Waals surface area contributed by atoms with Crippen molar-refractivity contribution in [2.24, 2.45) is 5.92 Å². The van der Waals surface area contributed by atoms with Gasteiger partial charge in [-0.1, -0.05) is 6.07 Å². The standard InChI is InChI=1S/C15H20FNO2S/c1-10(11-5-6-14(20-2)13(16)8-11)17-7-3-4-12(9-17)15(18)19/h5-6,8,10,12H,3-4,7,9H2,1-2H3,(H,18,19). The van der Waals surface area contributed by atoms with E-state index < -0.39 is 5.97 Å². The van der Waals surface area contributed by atoms with E-state index >= 15 is 0 Å². The van der Waals surface area contributed by atoms with Crippen LogP contribution in [0.25, 0.3) is 0 Å². The number of hydrogen-bond acceptors (Lipinski definition) is 3. The lowest BCUT2D eigenvalue weighted by molar-refractivity contribution is -0.143. The van der Waals surface area contributed by atoms with Crippen molar-refractivity contribution in [1.82, 2.24) is 4.90 Å². The summed E-state index contributed by atoms with van der Waals surface area (Å²) in [5.41, 5.74) is 0.909. The molecular formula is C15H20FNO2S. The summed E-state index contributed by atoms with van der Waals surface area (Å²) in [6, 6.07) is 5.34. The fourth-order valence-electron chi connectivity index (χ4n) is 2.71. The Balaban J connectivity index is 2.12. The normalized spacial score (nSPS) is 21.6. The van der Waals surface area contributed by atoms with Crippen LogP contribution in [0, 0.1) is 11.7 Å². The monoisotopic (exact) mass is 297 g/mol. The summed E-state index contributed by atoms with van der Waals surface area (Å²) in [6.07, 6.45) is 3.47. The predicted octanol–water partition coefficient (Wildman–Crippen LogP) is 3.41. The van der Waals surface area contributed by atoms with Gasteiger partial charge in [-0.25, -0.2) is 4.39 Å². The molecule has 0 spiro atoms. The quantitative estimate of drug-likeness (QED) is 0.865. The molecule has 0 saturated carbocycles. The highest BCUT2D eigenvalue weighted by Crippen LogP contribution is 2.29. The summed E-state index contributed by atoms with van der Waals surface area (Å²) >= 11 is 1.39. The van der Waals surface area contributed by atoms with Crippen molar-refractivity contribution in [3.05, 3.63) is 29.6 Å². The molecule has 20 heavy (non-hydrogen) atoms. The molecule has 0 aromatic heterocycles. The van der Waals surface area contributed by atoms with Crippen molar-refractivity contribution in [3.8, 4) is 0 Å². The number of nitrogens with zero attached hydrogens (tertiary/aromatic N) is 1. The van der Waals surface area contributed by atoms with Crippen molar-refractivity contribution >= 4 is 17.7 Å². The Bertz CT molecular complexity index is 495. The van der Waals surface area contributed by atoms with E-state index in [0.717, 1.165) is 24.9 Å². The van der Waals surface area contributed by atoms with Crippen molar-refractivity contribution in [2.75, 3.05) is 19.3 Å². The number of carboxylic acids is 1. The highest BCUT2D eigenvalue weighted by molar-refractivity contribution is 7.98. The van der Waals surface area contributed by atoms with Gasteiger partial charge >= 0.3 is 5.97 Å². The lowest BCUT2D eigenvalue weighted by atomic mass is 9.95. The topological polar surface area (TPSA) is 40.5 Å². The van der Waals surface area contributed by atoms with Crippen LogP contribution >= 0.6 is 11.8 Å². The number of benzene rings is 1. The first-order chi connectivity index (χ1) is 9.52. The third-order valence-electron chi connectivity index (χ3n) is 4.01. The maximum atomic E-state index is 13.8. The van der Waals surface area contributed by atoms with E-state index in [1.54, 1.807) is 12.1 Å². The fraction of sp³-hybridized carbons (Fsp3) is 0.533. The summed E-state index contributed by atoms with van der Waals surface area (Å²) in [5, 5.41) is 9.13. The Kier molecular flexibility index (Phi) is 5.05. The lowest BCUT2D eigenvalue weighted by Crippen LogP contribution is -2.40. The molecule has 0 aliphatic carbocycles. The molecule has 5 heteroatoms. The summed E-state index contributed by atoms with van der Waals surface area (Å²) in [7, 11) is 0. The van der Waals surface area contributed by atoms with Crippen LogP contribution in [0.1, 0.15) is 31.4 Å². The van der Waals surface area contributed by atoms with Gasteiger partial charge in [0.25, 0.3) is 0 Å². The van der Waals surface area contributed by atoms with Crippen LogP contribution in [0.4, 0.5) is 4.39 Å². The molecule has 110 valence electrons. The largest absolute Gasteiger partial charge is 0.481 e. The zero-order chi connectivity index (χ0) is 14.7. The van der Waals surface area contributed by atoms with Crippen LogP contribution < -0.4 is 0 Å². The Morgan fingerprint density at radius 1 is 1.55 bits per heavy atom. The Morgan fingerprint density at radius 3 is 2.90 bits per heavy atom. The van der Waals surface area contributed by atoms with Crippen LogP contribution in [0.3, 0.4) is 0 Å². The van der Waals surface area contributed by atoms with Gasteiger partial charge in [-0.05, 0) is 50.3 Å². The zero-order valence-electron chi connectivity index (χ0n) is 11.8. The van der Waals surface area contributed by atoms with E-state index in [4.69, 9.17) is 5.11 Å². The van der Waals surface area contributed by atoms with Crippen LogP contribution in [0.2, 0.25) is 0 Å². The number of likely N-dealkylation sites (tertiary alicyclic amines) is 1. The second-order valence-corrected chi connectivity index (χ2v) is 6.09. The van der Waals surface area contributed by atoms with Crippen LogP contribution in [0.15, 0.2) is 23.1 Å². The van der Waals surface area contributed by atoms with Gasteiger partial charge in [-0.3, -0.25) is 9.69 Å². The highest BCUT2D eigenvalue weighted by atomic mass is 32.2. The summed E-state index contributed by atoms with van der Waals surface area (Å²) in [4.78, 5) is 13.9. The average Bonchev–Trinajstić information content (AvgIpc) is 2.46. The van der Waals surface area contributed by atoms with Crippen LogP contribution in [-0.2, 0) is 4.79 Å². The Morgan fingerprint density at radius 2 is 2.30 bits per heavy atom. The number of aliphatic carboxylic acids is 1. The molecule has 1 fully saturated rings. The van der Waals surface area contributed by atoms with Gasteiger partial charge in [0.05, 0.1) is 5.92 Å². The van der Waals surface area contributed by atoms with Crippen molar-refractivity contribution < 1.29 is 14.3 Å². The summed E-state index contributed by atoms with van der Waals surface area (Å²) < 4.78 is 13.8. The molecule has 0 amide bonds. The van der Waals surface area contributed by atoms with E-state index in [-0.39, 0.29) is 17.8 Å². The minimum Gasteiger partial charge on any atom is -0.481 e. The second kappa shape index (κ2) is 6.59. The second-order valence-electron chi connectivity index (χ2n) is 5.24. The molecule has 1 aliphatic rings. The number of hydrogen-bond donors (Lipinski definition) is 1. The maximum absolute atomic E-state index is 13.8. The van der Waals surface area contributed by atoms with Gasteiger partial charge in [-0.2, -0.15) is 0 Å². The molecule has 3 nitrogen and oxygen atoms in total. The molecule has 2 unspecified atom stereocenters. The summed E-state index contributed by atoms with van der Waals surface area (Å²) in [6.45, 7) is 3.43. The highest BCUT2D eigenvalue weighted by Gasteiger charge is 2.28. The van der Waals surface area contributed by atoms with Crippen LogP contribution in [0.5, 0.6) is 0 Å². The van der Waals surface area contributed by atoms with E-state index in [2.05, 4.69) is 4.90 Å². The average molecular weight is 297 g/mol. The van der Waals surface area contributed by atoms with Crippen LogP contribution in [-0.4, -0.2) is 35.3 Å². The van der Waals surface area contributed by atoms with Gasteiger partial charge in [0, 0.05) is 17.5 Å². The smallest absolute Gasteiger partial charge is 0.307 e. The maximum Gasteiger partial charge on any atom is 0.307 e. The molecule has 1 N–H and O–H groups in total. The van der Waals surface area contributed by atoms with Crippen molar-refractivity contribution in [2.45, 2.75) is 30.7 Å². The molecule has 1 aromatic rings. The van der Waals surface area contributed by atoms with E-state index in [9.17, 15) is 9.18 Å². The molecule has 2 rings (SSSR count). The third kappa shape index (κ3) is 3.33. The lowest BCUT2D eigenvalue weighted by Gasteiger charge is -2.35. The molecule has 0 radical (unpaired) electrons. The first kappa shape index (κ1) is 15.3. The van der Waals surface area contributed by atoms with Crippen molar-refractivity contribution in [3.63, 3.8) is 0 Å². The van der Waals surface area contributed by atoms with E-state index in [1.165, 1.54) is 11.8 Å². The third-order valence-corrected chi connectivity index (χ3v) is 4.78. The van der Waals surface area contributed by atoms with Gasteiger partial charge < -0.3 is 5.11 Å². The zero-order valence-corrected chi connectivity index (χ0v) is 12.6. The first-order valence-corrected chi connectivity index (χ1v) is 8.05. The number of thioether (sulfide) groups is 1. The van der Waals surface area contributed by atoms with E-state index in [1.807, 2.05) is 19.2 Å². The molecule has 0 bridgehead atoms. The van der Waals surface area contributed by atoms with E-state index in [0.29, 0.717) is 11.4 Å². The molecule has 2 atom stereocenters. The number of rotatable bonds is 4. The molecule has 1 saturated heterocycles. The van der Waals surface area contributed by atoms with Gasteiger partial charge in [-0.15, -0.1) is 11.8 Å². The van der Waals surface area contributed by atoms with Crippen molar-refractivity contribution in [1.29, 1.82) is 0 Å². The SMILES string of the molecule is CSc1ccc(C(C)N2CCCC(C(=O)O)C2)cc1F. The first-order valence-electron chi connectivity index (χ1n) is 6.83. The minimum absolute atomic E-state index is 0.0440. The van der Waals surface area contributed by atoms with Gasteiger partial charge in [0.2, 0.25) is 0 Å². The Hall–Kier alpha value is -1.07. The molecule has 1 heterocycles. The molecular weight excluding hydrogens is 277 g/mol. The van der Waals surface area contributed by atoms with Gasteiger partial charge in [0.1, 0.15) is 5.82 Å². The van der Waals surface area contributed by atoms with Gasteiger partial charge in [0.15, 0.2) is 0 Å². The predicted molar refractivity (Wildman–Crippen MR) is 78.5 cm³/mol. The Labute approximate surface area is 123 Å².